The fourth-order valence-electron chi connectivity index (χ4n) is 3.77. The average molecular weight is 470 g/mol. The number of anilines is 1. The van der Waals surface area contributed by atoms with Gasteiger partial charge >= 0.3 is 0 Å². The van der Waals surface area contributed by atoms with E-state index in [1.54, 1.807) is 12.1 Å². The molecular weight excluding hydrogens is 442 g/mol. The Bertz CT molecular complexity index is 1040. The van der Waals surface area contributed by atoms with Crippen LogP contribution >= 0.6 is 23.4 Å². The summed E-state index contributed by atoms with van der Waals surface area (Å²) in [5.74, 6) is 0.826. The molecule has 1 amide bonds. The summed E-state index contributed by atoms with van der Waals surface area (Å²) in [4.78, 5) is 15.2. The summed E-state index contributed by atoms with van der Waals surface area (Å²) in [6.07, 6.45) is 3.76. The first kappa shape index (κ1) is 22.8. The molecule has 2 heterocycles. The molecular formula is C24H28ClN5OS. The molecule has 0 saturated carbocycles. The van der Waals surface area contributed by atoms with Crippen LogP contribution < -0.4 is 5.32 Å². The van der Waals surface area contributed by atoms with E-state index in [9.17, 15) is 4.79 Å². The van der Waals surface area contributed by atoms with Crippen molar-refractivity contribution in [3.05, 3.63) is 71.0 Å². The van der Waals surface area contributed by atoms with E-state index < -0.39 is 0 Å². The van der Waals surface area contributed by atoms with Crippen LogP contribution in [0.1, 0.15) is 37.6 Å². The zero-order valence-electron chi connectivity index (χ0n) is 18.2. The van der Waals surface area contributed by atoms with Gasteiger partial charge in [-0.2, -0.15) is 0 Å². The van der Waals surface area contributed by atoms with Crippen LogP contribution in [0.4, 0.5) is 5.69 Å². The summed E-state index contributed by atoms with van der Waals surface area (Å²) in [5, 5.41) is 12.8. The van der Waals surface area contributed by atoms with Crippen LogP contribution in [0, 0.1) is 0 Å². The Balaban J connectivity index is 1.51. The Morgan fingerprint density at radius 3 is 2.50 bits per heavy atom. The number of nitrogens with one attached hydrogen (secondary N) is 1. The highest BCUT2D eigenvalue weighted by Gasteiger charge is 2.22. The van der Waals surface area contributed by atoms with E-state index in [0.717, 1.165) is 30.6 Å². The molecule has 0 radical (unpaired) electrons. The van der Waals surface area contributed by atoms with Crippen molar-refractivity contribution in [2.24, 2.45) is 0 Å². The van der Waals surface area contributed by atoms with Crippen molar-refractivity contribution >= 4 is 35.0 Å². The quantitative estimate of drug-likeness (QED) is 0.466. The molecule has 1 unspecified atom stereocenters. The number of carbonyl (C=O) groups is 1. The maximum absolute atomic E-state index is 12.8. The number of likely N-dealkylation sites (tertiary alicyclic amines) is 1. The van der Waals surface area contributed by atoms with Gasteiger partial charge in [0.25, 0.3) is 0 Å². The summed E-state index contributed by atoms with van der Waals surface area (Å²) in [5.41, 5.74) is 1.80. The largest absolute Gasteiger partial charge is 0.324 e. The predicted octanol–water partition coefficient (Wildman–Crippen LogP) is 5.09. The number of rotatable bonds is 8. The molecule has 168 valence electrons. The van der Waals surface area contributed by atoms with Crippen molar-refractivity contribution < 1.29 is 4.79 Å². The number of thioether (sulfide) groups is 1. The molecule has 1 fully saturated rings. The number of halogens is 1. The summed E-state index contributed by atoms with van der Waals surface area (Å²) in [7, 11) is 0. The number of nitrogens with zero attached hydrogens (tertiary/aromatic N) is 4. The van der Waals surface area contributed by atoms with Crippen molar-refractivity contribution in [3.63, 3.8) is 0 Å². The zero-order valence-corrected chi connectivity index (χ0v) is 19.8. The van der Waals surface area contributed by atoms with E-state index >= 15 is 0 Å². The Morgan fingerprint density at radius 2 is 1.75 bits per heavy atom. The number of carbonyl (C=O) groups excluding carboxylic acids is 1. The van der Waals surface area contributed by atoms with Crippen LogP contribution in [0.25, 0.3) is 0 Å². The third kappa shape index (κ3) is 5.91. The lowest BCUT2D eigenvalue weighted by Gasteiger charge is -2.26. The normalized spacial score (nSPS) is 15.4. The Hall–Kier alpha value is -2.35. The number of benzene rings is 2. The SMILES string of the molecule is CC(Sc1nnc(CN2CCCCC2)n1Cc1ccccc1)C(=O)Nc1ccccc1Cl. The zero-order chi connectivity index (χ0) is 22.3. The maximum atomic E-state index is 12.8. The first-order chi connectivity index (χ1) is 15.6. The lowest BCUT2D eigenvalue weighted by atomic mass is 10.1. The number of piperidine rings is 1. The van der Waals surface area contributed by atoms with Crippen LogP contribution in [-0.4, -0.2) is 43.9 Å². The van der Waals surface area contributed by atoms with Gasteiger partial charge in [0, 0.05) is 0 Å². The van der Waals surface area contributed by atoms with Crippen molar-refractivity contribution in [1.82, 2.24) is 19.7 Å². The molecule has 1 atom stereocenters. The van der Waals surface area contributed by atoms with E-state index in [4.69, 9.17) is 11.6 Å². The van der Waals surface area contributed by atoms with Gasteiger partial charge in [-0.05, 0) is 50.6 Å². The van der Waals surface area contributed by atoms with Gasteiger partial charge in [-0.25, -0.2) is 0 Å². The second kappa shape index (κ2) is 11.0. The minimum absolute atomic E-state index is 0.116. The molecule has 1 aliphatic heterocycles. The third-order valence-corrected chi connectivity index (χ3v) is 6.98. The molecule has 0 spiro atoms. The molecule has 2 aromatic carbocycles. The van der Waals surface area contributed by atoms with Gasteiger partial charge in [0.1, 0.15) is 5.82 Å². The second-order valence-electron chi connectivity index (χ2n) is 8.04. The standard InChI is InChI=1S/C24H28ClN5OS/c1-18(23(31)26-21-13-7-6-12-20(21)25)32-24-28-27-22(17-29-14-8-3-9-15-29)30(24)16-19-10-4-2-5-11-19/h2,4-7,10-13,18H,3,8-9,14-17H2,1H3,(H,26,31). The van der Waals surface area contributed by atoms with Gasteiger partial charge in [0.15, 0.2) is 5.16 Å². The summed E-state index contributed by atoms with van der Waals surface area (Å²) < 4.78 is 2.15. The van der Waals surface area contributed by atoms with E-state index in [2.05, 4.69) is 37.1 Å². The fourth-order valence-corrected chi connectivity index (χ4v) is 4.82. The predicted molar refractivity (Wildman–Crippen MR) is 130 cm³/mol. The first-order valence-corrected chi connectivity index (χ1v) is 12.3. The first-order valence-electron chi connectivity index (χ1n) is 11.0. The van der Waals surface area contributed by atoms with Gasteiger partial charge in [-0.15, -0.1) is 10.2 Å². The topological polar surface area (TPSA) is 63.1 Å². The summed E-state index contributed by atoms with van der Waals surface area (Å²) >= 11 is 7.61. The highest BCUT2D eigenvalue weighted by Crippen LogP contribution is 2.27. The van der Waals surface area contributed by atoms with Crippen LogP contribution in [-0.2, 0) is 17.9 Å². The molecule has 0 aliphatic carbocycles. The average Bonchev–Trinajstić information content (AvgIpc) is 3.17. The number of amides is 1. The molecule has 4 rings (SSSR count). The lowest BCUT2D eigenvalue weighted by molar-refractivity contribution is -0.115. The van der Waals surface area contributed by atoms with E-state index in [1.165, 1.54) is 36.6 Å². The van der Waals surface area contributed by atoms with Gasteiger partial charge in [-0.3, -0.25) is 9.69 Å². The minimum atomic E-state index is -0.354. The lowest BCUT2D eigenvalue weighted by Crippen LogP contribution is -2.30. The van der Waals surface area contributed by atoms with Crippen LogP contribution in [0.3, 0.4) is 0 Å². The molecule has 3 aromatic rings. The number of para-hydroxylation sites is 1. The number of hydrogen-bond donors (Lipinski definition) is 1. The monoisotopic (exact) mass is 469 g/mol. The highest BCUT2D eigenvalue weighted by atomic mass is 35.5. The molecule has 0 bridgehead atoms. The minimum Gasteiger partial charge on any atom is -0.324 e. The third-order valence-electron chi connectivity index (χ3n) is 5.57. The molecule has 32 heavy (non-hydrogen) atoms. The smallest absolute Gasteiger partial charge is 0.237 e. The molecule has 8 heteroatoms. The number of hydrogen-bond acceptors (Lipinski definition) is 5. The number of aromatic nitrogens is 3. The molecule has 1 aromatic heterocycles. The van der Waals surface area contributed by atoms with E-state index in [1.807, 2.05) is 37.3 Å². The van der Waals surface area contributed by atoms with Gasteiger partial charge in [0.2, 0.25) is 5.91 Å². The molecule has 1 saturated heterocycles. The van der Waals surface area contributed by atoms with E-state index in [-0.39, 0.29) is 11.2 Å². The van der Waals surface area contributed by atoms with Crippen molar-refractivity contribution in [2.75, 3.05) is 18.4 Å². The van der Waals surface area contributed by atoms with Crippen LogP contribution in [0.15, 0.2) is 59.8 Å². The van der Waals surface area contributed by atoms with Crippen molar-refractivity contribution in [2.45, 2.75) is 49.7 Å². The van der Waals surface area contributed by atoms with Gasteiger partial charge in [-0.1, -0.05) is 72.2 Å². The van der Waals surface area contributed by atoms with Crippen LogP contribution in [0.2, 0.25) is 5.02 Å². The van der Waals surface area contributed by atoms with Crippen molar-refractivity contribution in [3.8, 4) is 0 Å². The van der Waals surface area contributed by atoms with Gasteiger partial charge in [0.05, 0.1) is 29.0 Å². The molecule has 1 N–H and O–H groups in total. The molecule has 1 aliphatic rings. The fraction of sp³-hybridized carbons (Fsp3) is 0.375. The maximum Gasteiger partial charge on any atom is 0.237 e. The second-order valence-corrected chi connectivity index (χ2v) is 9.75. The summed E-state index contributed by atoms with van der Waals surface area (Å²) in [6.45, 7) is 5.52. The highest BCUT2D eigenvalue weighted by molar-refractivity contribution is 8.00. The Morgan fingerprint density at radius 1 is 1.03 bits per heavy atom. The van der Waals surface area contributed by atoms with Gasteiger partial charge < -0.3 is 9.88 Å². The van der Waals surface area contributed by atoms with Crippen LogP contribution in [0.5, 0.6) is 0 Å². The Kier molecular flexibility index (Phi) is 7.84. The molecule has 6 nitrogen and oxygen atoms in total. The van der Waals surface area contributed by atoms with Crippen molar-refractivity contribution in [1.29, 1.82) is 0 Å². The Labute approximate surface area is 198 Å². The van der Waals surface area contributed by atoms with E-state index in [0.29, 0.717) is 17.3 Å². The summed E-state index contributed by atoms with van der Waals surface area (Å²) in [6, 6.07) is 17.5.